The largest absolute Gasteiger partial charge is 0.493 e. The Bertz CT molecular complexity index is 1210. The lowest BCUT2D eigenvalue weighted by Crippen LogP contribution is -2.25. The summed E-state index contributed by atoms with van der Waals surface area (Å²) in [6.07, 6.45) is 7.14. The number of hydrogen-bond donors (Lipinski definition) is 0. The van der Waals surface area contributed by atoms with Crippen molar-refractivity contribution in [1.29, 1.82) is 0 Å². The van der Waals surface area contributed by atoms with Crippen molar-refractivity contribution in [1.82, 2.24) is 9.66 Å². The summed E-state index contributed by atoms with van der Waals surface area (Å²) in [6, 6.07) is 9.21. The smallest absolute Gasteiger partial charge is 0.282 e. The highest BCUT2D eigenvalue weighted by Crippen LogP contribution is 2.38. The zero-order valence-corrected chi connectivity index (χ0v) is 20.7. The van der Waals surface area contributed by atoms with E-state index in [1.807, 2.05) is 31.2 Å². The van der Waals surface area contributed by atoms with Gasteiger partial charge in [0.25, 0.3) is 5.56 Å². The minimum absolute atomic E-state index is 0.178. The van der Waals surface area contributed by atoms with Crippen LogP contribution in [-0.4, -0.2) is 36.7 Å². The molecule has 0 spiro atoms. The number of nitrogens with zero attached hydrogens (tertiary/aromatic N) is 3. The molecule has 1 aliphatic carbocycles. The van der Waals surface area contributed by atoms with Gasteiger partial charge in [0.2, 0.25) is 5.75 Å². The maximum atomic E-state index is 13.5. The van der Waals surface area contributed by atoms with Crippen LogP contribution in [-0.2, 0) is 0 Å². The molecule has 1 fully saturated rings. The highest BCUT2D eigenvalue weighted by atomic mass is 79.9. The third-order valence-corrected chi connectivity index (χ3v) is 6.39. The maximum Gasteiger partial charge on any atom is 0.282 e. The summed E-state index contributed by atoms with van der Waals surface area (Å²) >= 11 is 3.46. The normalized spacial score (nSPS) is 14.7. The van der Waals surface area contributed by atoms with Crippen LogP contribution in [0.15, 0.2) is 44.7 Å². The Morgan fingerprint density at radius 3 is 2.45 bits per heavy atom. The Balaban J connectivity index is 1.83. The Kier molecular flexibility index (Phi) is 7.33. The van der Waals surface area contributed by atoms with Crippen LogP contribution in [0.1, 0.15) is 56.3 Å². The topological polar surface area (TPSA) is 74.9 Å². The lowest BCUT2D eigenvalue weighted by molar-refractivity contribution is 0.288. The van der Waals surface area contributed by atoms with Crippen molar-refractivity contribution >= 4 is 33.0 Å². The van der Waals surface area contributed by atoms with Gasteiger partial charge in [-0.05, 0) is 50.1 Å². The van der Waals surface area contributed by atoms with Crippen molar-refractivity contribution < 1.29 is 14.2 Å². The molecule has 1 saturated carbocycles. The Labute approximate surface area is 201 Å². The van der Waals surface area contributed by atoms with Gasteiger partial charge in [-0.2, -0.15) is 9.78 Å². The Morgan fingerprint density at radius 1 is 1.12 bits per heavy atom. The minimum Gasteiger partial charge on any atom is -0.493 e. The van der Waals surface area contributed by atoms with E-state index in [9.17, 15) is 4.79 Å². The van der Waals surface area contributed by atoms with Gasteiger partial charge >= 0.3 is 0 Å². The van der Waals surface area contributed by atoms with E-state index in [0.29, 0.717) is 34.8 Å². The van der Waals surface area contributed by atoms with Gasteiger partial charge < -0.3 is 14.2 Å². The second-order valence-corrected chi connectivity index (χ2v) is 8.93. The second-order valence-electron chi connectivity index (χ2n) is 8.02. The van der Waals surface area contributed by atoms with Gasteiger partial charge in [0.1, 0.15) is 5.82 Å². The molecule has 1 aliphatic rings. The van der Waals surface area contributed by atoms with Crippen LogP contribution >= 0.6 is 15.9 Å². The SMILES string of the molecule is CCOc1c(OC)cc(C=Nn2c(C3CCCCC3)nc3ccc(Br)cc3c2=O)cc1OC. The first-order chi connectivity index (χ1) is 16.0. The molecule has 0 unspecified atom stereocenters. The van der Waals surface area contributed by atoms with Gasteiger partial charge in [-0.1, -0.05) is 35.2 Å². The molecule has 2 aromatic carbocycles. The van der Waals surface area contributed by atoms with Gasteiger partial charge in [0.05, 0.1) is 37.9 Å². The first-order valence-corrected chi connectivity index (χ1v) is 12.0. The Hall–Kier alpha value is -2.87. The number of halogens is 1. The van der Waals surface area contributed by atoms with Crippen LogP contribution in [0.5, 0.6) is 17.2 Å². The fourth-order valence-corrected chi connectivity index (χ4v) is 4.65. The molecule has 3 aromatic rings. The van der Waals surface area contributed by atoms with Crippen molar-refractivity contribution in [3.05, 3.63) is 56.5 Å². The molecule has 1 aromatic heterocycles. The zero-order valence-electron chi connectivity index (χ0n) is 19.1. The molecule has 8 heteroatoms. The number of hydrogen-bond acceptors (Lipinski definition) is 6. The molecule has 4 rings (SSSR count). The average Bonchev–Trinajstić information content (AvgIpc) is 2.84. The molecule has 174 valence electrons. The van der Waals surface area contributed by atoms with Crippen LogP contribution in [0, 0.1) is 0 Å². The lowest BCUT2D eigenvalue weighted by atomic mass is 9.88. The third kappa shape index (κ3) is 4.90. The first kappa shape index (κ1) is 23.3. The number of methoxy groups -OCH3 is 2. The van der Waals surface area contributed by atoms with Crippen molar-refractivity contribution in [2.75, 3.05) is 20.8 Å². The van der Waals surface area contributed by atoms with Crippen molar-refractivity contribution in [2.24, 2.45) is 5.10 Å². The van der Waals surface area contributed by atoms with Crippen LogP contribution < -0.4 is 19.8 Å². The van der Waals surface area contributed by atoms with Gasteiger partial charge in [0.15, 0.2) is 11.5 Å². The first-order valence-electron chi connectivity index (χ1n) is 11.2. The van der Waals surface area contributed by atoms with Crippen LogP contribution in [0.3, 0.4) is 0 Å². The molecule has 0 radical (unpaired) electrons. The number of aromatic nitrogens is 2. The highest BCUT2D eigenvalue weighted by Gasteiger charge is 2.22. The summed E-state index contributed by atoms with van der Waals surface area (Å²) in [4.78, 5) is 18.3. The standard InChI is InChI=1S/C25H28BrN3O4/c1-4-33-23-21(31-2)12-16(13-22(23)32-3)15-27-29-24(17-8-6-5-7-9-17)28-20-11-10-18(26)14-19(20)25(29)30/h10-15,17H,4-9H2,1-3H3. The van der Waals surface area contributed by atoms with Crippen molar-refractivity contribution in [2.45, 2.75) is 44.9 Å². The minimum atomic E-state index is -0.178. The van der Waals surface area contributed by atoms with Crippen LogP contribution in [0.2, 0.25) is 0 Å². The maximum absolute atomic E-state index is 13.5. The molecule has 0 bridgehead atoms. The molecule has 0 N–H and O–H groups in total. The van der Waals surface area contributed by atoms with Gasteiger partial charge in [-0.15, -0.1) is 0 Å². The Morgan fingerprint density at radius 2 is 1.82 bits per heavy atom. The molecular weight excluding hydrogens is 486 g/mol. The summed E-state index contributed by atoms with van der Waals surface area (Å²) in [5, 5.41) is 5.14. The summed E-state index contributed by atoms with van der Waals surface area (Å²) in [5.74, 6) is 2.55. The third-order valence-electron chi connectivity index (χ3n) is 5.90. The number of rotatable bonds is 7. The molecule has 33 heavy (non-hydrogen) atoms. The highest BCUT2D eigenvalue weighted by molar-refractivity contribution is 9.10. The lowest BCUT2D eigenvalue weighted by Gasteiger charge is -2.22. The summed E-state index contributed by atoms with van der Waals surface area (Å²) in [5.41, 5.74) is 1.24. The van der Waals surface area contributed by atoms with E-state index in [-0.39, 0.29) is 11.5 Å². The number of fused-ring (bicyclic) bond motifs is 1. The fraction of sp³-hybridized carbons (Fsp3) is 0.400. The summed E-state index contributed by atoms with van der Waals surface area (Å²) < 4.78 is 19.0. The monoisotopic (exact) mass is 513 g/mol. The van der Waals surface area contributed by atoms with E-state index in [1.54, 1.807) is 26.5 Å². The van der Waals surface area contributed by atoms with Gasteiger partial charge in [0, 0.05) is 16.0 Å². The molecule has 7 nitrogen and oxygen atoms in total. The average molecular weight is 514 g/mol. The predicted octanol–water partition coefficient (Wildman–Crippen LogP) is 5.50. The van der Waals surface area contributed by atoms with E-state index in [4.69, 9.17) is 19.2 Å². The van der Waals surface area contributed by atoms with Gasteiger partial charge in [-0.25, -0.2) is 4.98 Å². The van der Waals surface area contributed by atoms with Crippen LogP contribution in [0.4, 0.5) is 0 Å². The van der Waals surface area contributed by atoms with E-state index >= 15 is 0 Å². The second kappa shape index (κ2) is 10.4. The quantitative estimate of drug-likeness (QED) is 0.389. The zero-order chi connectivity index (χ0) is 23.4. The summed E-state index contributed by atoms with van der Waals surface area (Å²) in [7, 11) is 3.16. The fourth-order valence-electron chi connectivity index (χ4n) is 4.29. The van der Waals surface area contributed by atoms with Crippen molar-refractivity contribution in [3.8, 4) is 17.2 Å². The van der Waals surface area contributed by atoms with E-state index in [2.05, 4.69) is 21.0 Å². The molecule has 0 atom stereocenters. The van der Waals surface area contributed by atoms with Gasteiger partial charge in [-0.3, -0.25) is 4.79 Å². The summed E-state index contributed by atoms with van der Waals surface area (Å²) in [6.45, 7) is 2.39. The van der Waals surface area contributed by atoms with Crippen LogP contribution in [0.25, 0.3) is 10.9 Å². The molecule has 0 amide bonds. The number of ether oxygens (including phenoxy) is 3. The van der Waals surface area contributed by atoms with Crippen molar-refractivity contribution in [3.63, 3.8) is 0 Å². The van der Waals surface area contributed by atoms with E-state index in [0.717, 1.165) is 41.5 Å². The van der Waals surface area contributed by atoms with E-state index in [1.165, 1.54) is 11.1 Å². The molecular formula is C25H28BrN3O4. The molecule has 0 aliphatic heterocycles. The molecule has 1 heterocycles. The predicted molar refractivity (Wildman–Crippen MR) is 133 cm³/mol. The van der Waals surface area contributed by atoms with E-state index < -0.39 is 0 Å². The number of benzene rings is 2. The molecule has 0 saturated heterocycles.